The Morgan fingerprint density at radius 1 is 1.35 bits per heavy atom. The summed E-state index contributed by atoms with van der Waals surface area (Å²) in [5, 5.41) is 3.00. The van der Waals surface area contributed by atoms with Crippen molar-refractivity contribution in [2.24, 2.45) is 5.92 Å². The van der Waals surface area contributed by atoms with E-state index in [0.717, 1.165) is 24.3 Å². The standard InChI is InChI=1S/C17H23NO2/c1-20-16-9-7-15(8-10-16)13-17(19)18-12-11-14-5-3-2-4-6-14/h3,5,7-10,14H,2,4,6,11-13H2,1H3,(H,18,19). The van der Waals surface area contributed by atoms with Gasteiger partial charge in [-0.25, -0.2) is 0 Å². The third kappa shape index (κ3) is 4.72. The summed E-state index contributed by atoms with van der Waals surface area (Å²) >= 11 is 0. The monoisotopic (exact) mass is 273 g/mol. The molecule has 0 saturated heterocycles. The molecule has 3 nitrogen and oxygen atoms in total. The van der Waals surface area contributed by atoms with Crippen molar-refractivity contribution in [3.63, 3.8) is 0 Å². The van der Waals surface area contributed by atoms with Gasteiger partial charge >= 0.3 is 0 Å². The van der Waals surface area contributed by atoms with Crippen LogP contribution in [0.15, 0.2) is 36.4 Å². The van der Waals surface area contributed by atoms with E-state index >= 15 is 0 Å². The topological polar surface area (TPSA) is 38.3 Å². The number of nitrogens with one attached hydrogen (secondary N) is 1. The van der Waals surface area contributed by atoms with E-state index in [-0.39, 0.29) is 5.91 Å². The summed E-state index contributed by atoms with van der Waals surface area (Å²) in [4.78, 5) is 11.8. The van der Waals surface area contributed by atoms with E-state index in [4.69, 9.17) is 4.74 Å². The van der Waals surface area contributed by atoms with Crippen LogP contribution in [0, 0.1) is 5.92 Å². The van der Waals surface area contributed by atoms with Crippen molar-refractivity contribution in [3.8, 4) is 5.75 Å². The summed E-state index contributed by atoms with van der Waals surface area (Å²) in [6, 6.07) is 7.63. The molecule has 0 spiro atoms. The van der Waals surface area contributed by atoms with Crippen LogP contribution in [0.25, 0.3) is 0 Å². The van der Waals surface area contributed by atoms with E-state index in [2.05, 4.69) is 17.5 Å². The Labute approximate surface area is 121 Å². The van der Waals surface area contributed by atoms with Crippen LogP contribution in [0.1, 0.15) is 31.2 Å². The Kier molecular flexibility index (Phi) is 5.66. The summed E-state index contributed by atoms with van der Waals surface area (Å²) < 4.78 is 5.10. The zero-order valence-corrected chi connectivity index (χ0v) is 12.1. The fraction of sp³-hybridized carbons (Fsp3) is 0.471. The molecule has 0 heterocycles. The smallest absolute Gasteiger partial charge is 0.224 e. The fourth-order valence-electron chi connectivity index (χ4n) is 2.51. The van der Waals surface area contributed by atoms with Gasteiger partial charge in [0.15, 0.2) is 0 Å². The summed E-state index contributed by atoms with van der Waals surface area (Å²) in [7, 11) is 1.64. The minimum absolute atomic E-state index is 0.0926. The van der Waals surface area contributed by atoms with Gasteiger partial charge in [0.2, 0.25) is 5.91 Å². The SMILES string of the molecule is COc1ccc(CC(=O)NCCC2C=CCCC2)cc1. The third-order valence-electron chi connectivity index (χ3n) is 3.71. The Morgan fingerprint density at radius 3 is 2.80 bits per heavy atom. The van der Waals surface area contributed by atoms with Crippen molar-refractivity contribution in [2.75, 3.05) is 13.7 Å². The molecular formula is C17H23NO2. The minimum atomic E-state index is 0.0926. The second-order valence-electron chi connectivity index (χ2n) is 5.28. The normalized spacial score (nSPS) is 17.8. The first-order valence-electron chi connectivity index (χ1n) is 7.34. The molecule has 0 bridgehead atoms. The molecule has 3 heteroatoms. The Morgan fingerprint density at radius 2 is 2.15 bits per heavy atom. The second kappa shape index (κ2) is 7.73. The predicted molar refractivity (Wildman–Crippen MR) is 80.8 cm³/mol. The lowest BCUT2D eigenvalue weighted by atomic mass is 9.93. The number of hydrogen-bond acceptors (Lipinski definition) is 2. The van der Waals surface area contributed by atoms with Crippen LogP contribution < -0.4 is 10.1 Å². The molecule has 1 amide bonds. The van der Waals surface area contributed by atoms with E-state index in [1.165, 1.54) is 19.3 Å². The van der Waals surface area contributed by atoms with E-state index < -0.39 is 0 Å². The molecule has 1 aliphatic rings. The zero-order chi connectivity index (χ0) is 14.2. The number of carbonyl (C=O) groups excluding carboxylic acids is 1. The molecule has 1 atom stereocenters. The third-order valence-corrected chi connectivity index (χ3v) is 3.71. The van der Waals surface area contributed by atoms with Gasteiger partial charge in [-0.1, -0.05) is 24.3 Å². The maximum absolute atomic E-state index is 11.8. The second-order valence-corrected chi connectivity index (χ2v) is 5.28. The number of carbonyl (C=O) groups is 1. The molecule has 108 valence electrons. The molecule has 1 N–H and O–H groups in total. The van der Waals surface area contributed by atoms with Gasteiger partial charge < -0.3 is 10.1 Å². The number of ether oxygens (including phenoxy) is 1. The minimum Gasteiger partial charge on any atom is -0.497 e. The van der Waals surface area contributed by atoms with Crippen molar-refractivity contribution >= 4 is 5.91 Å². The quantitative estimate of drug-likeness (QED) is 0.809. The molecule has 20 heavy (non-hydrogen) atoms. The first-order chi connectivity index (χ1) is 9.78. The Bertz CT molecular complexity index is 451. The molecule has 0 aromatic heterocycles. The molecule has 1 aromatic carbocycles. The van der Waals surface area contributed by atoms with Crippen molar-refractivity contribution < 1.29 is 9.53 Å². The molecule has 0 aliphatic heterocycles. The van der Waals surface area contributed by atoms with Crippen molar-refractivity contribution in [2.45, 2.75) is 32.1 Å². The number of hydrogen-bond donors (Lipinski definition) is 1. The molecule has 1 aromatic rings. The number of amides is 1. The average Bonchev–Trinajstić information content (AvgIpc) is 2.49. The van der Waals surface area contributed by atoms with E-state index in [0.29, 0.717) is 12.3 Å². The molecule has 0 saturated carbocycles. The maximum atomic E-state index is 11.8. The van der Waals surface area contributed by atoms with Gasteiger partial charge in [0.05, 0.1) is 13.5 Å². The van der Waals surface area contributed by atoms with Crippen LogP contribution in [0.2, 0.25) is 0 Å². The predicted octanol–water partition coefficient (Wildman–Crippen LogP) is 3.10. The zero-order valence-electron chi connectivity index (χ0n) is 12.1. The highest BCUT2D eigenvalue weighted by atomic mass is 16.5. The average molecular weight is 273 g/mol. The van der Waals surface area contributed by atoms with E-state index in [1.807, 2.05) is 24.3 Å². The van der Waals surface area contributed by atoms with Crippen LogP contribution >= 0.6 is 0 Å². The Hall–Kier alpha value is -1.77. The van der Waals surface area contributed by atoms with Gasteiger partial charge in [0, 0.05) is 6.54 Å². The van der Waals surface area contributed by atoms with Gasteiger partial charge in [-0.15, -0.1) is 0 Å². The van der Waals surface area contributed by atoms with E-state index in [1.54, 1.807) is 7.11 Å². The Balaban J connectivity index is 1.69. The van der Waals surface area contributed by atoms with Crippen molar-refractivity contribution in [1.29, 1.82) is 0 Å². The molecular weight excluding hydrogens is 250 g/mol. The highest BCUT2D eigenvalue weighted by Crippen LogP contribution is 2.19. The van der Waals surface area contributed by atoms with Gasteiger partial charge in [0.1, 0.15) is 5.75 Å². The van der Waals surface area contributed by atoms with Crippen molar-refractivity contribution in [1.82, 2.24) is 5.32 Å². The number of rotatable bonds is 6. The summed E-state index contributed by atoms with van der Waals surface area (Å²) in [6.07, 6.45) is 9.77. The number of benzene rings is 1. The molecule has 1 aliphatic carbocycles. The van der Waals surface area contributed by atoms with Gasteiger partial charge in [-0.05, 0) is 49.3 Å². The molecule has 0 fully saturated rings. The largest absolute Gasteiger partial charge is 0.497 e. The lowest BCUT2D eigenvalue weighted by molar-refractivity contribution is -0.120. The maximum Gasteiger partial charge on any atom is 0.224 e. The van der Waals surface area contributed by atoms with Gasteiger partial charge in [-0.2, -0.15) is 0 Å². The first-order valence-corrected chi connectivity index (χ1v) is 7.34. The first kappa shape index (κ1) is 14.6. The van der Waals surface area contributed by atoms with Crippen LogP contribution in [-0.2, 0) is 11.2 Å². The van der Waals surface area contributed by atoms with E-state index in [9.17, 15) is 4.79 Å². The van der Waals surface area contributed by atoms with Crippen LogP contribution in [0.4, 0.5) is 0 Å². The molecule has 1 unspecified atom stereocenters. The highest BCUT2D eigenvalue weighted by Gasteiger charge is 2.09. The fourth-order valence-corrected chi connectivity index (χ4v) is 2.51. The highest BCUT2D eigenvalue weighted by molar-refractivity contribution is 5.78. The van der Waals surface area contributed by atoms with Crippen LogP contribution in [0.3, 0.4) is 0 Å². The lowest BCUT2D eigenvalue weighted by Gasteiger charge is -2.16. The van der Waals surface area contributed by atoms with Gasteiger partial charge in [0.25, 0.3) is 0 Å². The molecule has 2 rings (SSSR count). The summed E-state index contributed by atoms with van der Waals surface area (Å²) in [6.45, 7) is 0.768. The number of methoxy groups -OCH3 is 1. The van der Waals surface area contributed by atoms with Gasteiger partial charge in [-0.3, -0.25) is 4.79 Å². The lowest BCUT2D eigenvalue weighted by Crippen LogP contribution is -2.27. The number of allylic oxidation sites excluding steroid dienone is 2. The summed E-state index contributed by atoms with van der Waals surface area (Å²) in [5.41, 5.74) is 1.01. The summed E-state index contributed by atoms with van der Waals surface area (Å²) in [5.74, 6) is 1.55. The van der Waals surface area contributed by atoms with Crippen LogP contribution in [0.5, 0.6) is 5.75 Å². The molecule has 0 radical (unpaired) electrons. The van der Waals surface area contributed by atoms with Crippen molar-refractivity contribution in [3.05, 3.63) is 42.0 Å². The van der Waals surface area contributed by atoms with Crippen LogP contribution in [-0.4, -0.2) is 19.6 Å².